The lowest BCUT2D eigenvalue weighted by Gasteiger charge is -2.34. The number of aliphatic imine (C=N–C) groups is 1. The summed E-state index contributed by atoms with van der Waals surface area (Å²) in [5.74, 6) is 0.863. The van der Waals surface area contributed by atoms with Crippen LogP contribution in [0, 0.1) is 6.92 Å². The summed E-state index contributed by atoms with van der Waals surface area (Å²) in [6, 6.07) is 5.26. The van der Waals surface area contributed by atoms with E-state index < -0.39 is 12.8 Å². The van der Waals surface area contributed by atoms with E-state index in [4.69, 9.17) is 4.74 Å². The van der Waals surface area contributed by atoms with Gasteiger partial charge in [-0.3, -0.25) is 4.99 Å². The van der Waals surface area contributed by atoms with Crippen molar-refractivity contribution < 1.29 is 17.9 Å². The summed E-state index contributed by atoms with van der Waals surface area (Å²) in [5, 5.41) is 6.43. The lowest BCUT2D eigenvalue weighted by Crippen LogP contribution is -2.46. The number of nitrogens with one attached hydrogen (secondary N) is 2. The zero-order chi connectivity index (χ0) is 22.7. The quantitative estimate of drug-likeness (QED) is 0.331. The molecule has 176 valence electrons. The Balaban J connectivity index is 1.70. The van der Waals surface area contributed by atoms with E-state index >= 15 is 0 Å². The zero-order valence-electron chi connectivity index (χ0n) is 18.9. The van der Waals surface area contributed by atoms with E-state index in [1.807, 2.05) is 13.0 Å². The molecule has 1 aromatic carbocycles. The minimum Gasteiger partial charge on any atom is -0.484 e. The summed E-state index contributed by atoms with van der Waals surface area (Å²) in [5.41, 5.74) is 1.50. The van der Waals surface area contributed by atoms with Crippen LogP contribution in [-0.4, -0.2) is 81.4 Å². The third-order valence-electron chi connectivity index (χ3n) is 5.39. The third-order valence-corrected chi connectivity index (χ3v) is 5.39. The number of piperazine rings is 1. The highest BCUT2D eigenvalue weighted by molar-refractivity contribution is 5.79. The predicted molar refractivity (Wildman–Crippen MR) is 119 cm³/mol. The van der Waals surface area contributed by atoms with Crippen LogP contribution in [-0.2, 0) is 6.54 Å². The van der Waals surface area contributed by atoms with Gasteiger partial charge in [0, 0.05) is 51.9 Å². The maximum Gasteiger partial charge on any atom is 0.422 e. The monoisotopic (exact) mass is 443 g/mol. The van der Waals surface area contributed by atoms with Gasteiger partial charge in [0.05, 0.1) is 0 Å². The van der Waals surface area contributed by atoms with Crippen molar-refractivity contribution in [1.29, 1.82) is 0 Å². The molecule has 0 aliphatic carbocycles. The van der Waals surface area contributed by atoms with Crippen molar-refractivity contribution in [3.63, 3.8) is 0 Å². The zero-order valence-corrected chi connectivity index (χ0v) is 18.9. The highest BCUT2D eigenvalue weighted by atomic mass is 19.4. The van der Waals surface area contributed by atoms with Crippen LogP contribution in [0.1, 0.15) is 30.9 Å². The fourth-order valence-electron chi connectivity index (χ4n) is 3.50. The summed E-state index contributed by atoms with van der Waals surface area (Å²) in [6.07, 6.45) is -2.22. The van der Waals surface area contributed by atoms with Gasteiger partial charge in [-0.15, -0.1) is 0 Å². The fourth-order valence-corrected chi connectivity index (χ4v) is 3.50. The Labute approximate surface area is 183 Å². The van der Waals surface area contributed by atoms with Crippen LogP contribution in [0.25, 0.3) is 0 Å². The lowest BCUT2D eigenvalue weighted by molar-refractivity contribution is -0.153. The summed E-state index contributed by atoms with van der Waals surface area (Å²) in [4.78, 5) is 9.19. The number of aryl methyl sites for hydroxylation is 1. The minimum atomic E-state index is -4.37. The molecule has 1 aliphatic heterocycles. The molecule has 31 heavy (non-hydrogen) atoms. The first-order valence-electron chi connectivity index (χ1n) is 11.0. The van der Waals surface area contributed by atoms with Crippen molar-refractivity contribution in [2.75, 3.05) is 59.5 Å². The number of hydrogen-bond donors (Lipinski definition) is 2. The Morgan fingerprint density at radius 1 is 1.10 bits per heavy atom. The SMILES string of the molecule is CCN1CCN(CCCCNC(=NC)NCc2ccc(C)cc2OCC(F)(F)F)CC1. The lowest BCUT2D eigenvalue weighted by atomic mass is 10.1. The Hall–Kier alpha value is -2.00. The Morgan fingerprint density at radius 3 is 2.45 bits per heavy atom. The molecular formula is C22H36F3N5O. The maximum absolute atomic E-state index is 12.5. The second-order valence-electron chi connectivity index (χ2n) is 7.85. The molecule has 0 unspecified atom stereocenters. The first-order valence-corrected chi connectivity index (χ1v) is 11.0. The van der Waals surface area contributed by atoms with Gasteiger partial charge in [0.15, 0.2) is 12.6 Å². The second kappa shape index (κ2) is 12.8. The number of ether oxygens (including phenoxy) is 1. The topological polar surface area (TPSA) is 52.1 Å². The van der Waals surface area contributed by atoms with Gasteiger partial charge >= 0.3 is 6.18 Å². The van der Waals surface area contributed by atoms with Gasteiger partial charge in [0.1, 0.15) is 5.75 Å². The number of unbranched alkanes of at least 4 members (excludes halogenated alkanes) is 1. The van der Waals surface area contributed by atoms with Crippen LogP contribution >= 0.6 is 0 Å². The normalized spacial score (nSPS) is 16.4. The molecule has 0 saturated carbocycles. The summed E-state index contributed by atoms with van der Waals surface area (Å²) in [7, 11) is 1.68. The van der Waals surface area contributed by atoms with E-state index in [9.17, 15) is 13.2 Å². The summed E-state index contributed by atoms with van der Waals surface area (Å²) < 4.78 is 42.6. The summed E-state index contributed by atoms with van der Waals surface area (Å²) >= 11 is 0. The standard InChI is InChI=1S/C22H36F3N5O/c1-4-29-11-13-30(14-12-29)10-6-5-9-27-21(26-3)28-16-19-8-7-18(2)15-20(19)31-17-22(23,24)25/h7-8,15H,4-6,9-14,16-17H2,1-3H3,(H2,26,27,28). The molecule has 0 amide bonds. The third kappa shape index (κ3) is 9.78. The molecule has 0 radical (unpaired) electrons. The Morgan fingerprint density at radius 2 is 1.81 bits per heavy atom. The molecule has 1 saturated heterocycles. The van der Waals surface area contributed by atoms with E-state index in [2.05, 4.69) is 32.3 Å². The molecule has 1 fully saturated rings. The summed E-state index contributed by atoms with van der Waals surface area (Å²) in [6.45, 7) is 10.7. The largest absolute Gasteiger partial charge is 0.484 e. The second-order valence-corrected chi connectivity index (χ2v) is 7.85. The molecule has 1 aromatic rings. The maximum atomic E-state index is 12.5. The van der Waals surface area contributed by atoms with E-state index in [1.54, 1.807) is 19.2 Å². The number of rotatable bonds is 10. The molecule has 0 bridgehead atoms. The van der Waals surface area contributed by atoms with Gasteiger partial charge in [-0.05, 0) is 44.5 Å². The van der Waals surface area contributed by atoms with Crippen LogP contribution < -0.4 is 15.4 Å². The van der Waals surface area contributed by atoms with E-state index in [0.717, 1.165) is 64.2 Å². The fraction of sp³-hybridized carbons (Fsp3) is 0.682. The van der Waals surface area contributed by atoms with Gasteiger partial charge in [0.25, 0.3) is 0 Å². The van der Waals surface area contributed by atoms with Crippen LogP contribution in [0.2, 0.25) is 0 Å². The number of likely N-dealkylation sites (N-methyl/N-ethyl adjacent to an activating group) is 1. The first kappa shape index (κ1) is 25.3. The molecule has 9 heteroatoms. The van der Waals surface area contributed by atoms with Crippen molar-refractivity contribution in [3.8, 4) is 5.75 Å². The molecule has 2 N–H and O–H groups in total. The van der Waals surface area contributed by atoms with Crippen molar-refractivity contribution in [1.82, 2.24) is 20.4 Å². The van der Waals surface area contributed by atoms with Gasteiger partial charge in [-0.2, -0.15) is 13.2 Å². The van der Waals surface area contributed by atoms with Crippen LogP contribution in [0.3, 0.4) is 0 Å². The number of halogens is 3. The molecule has 0 atom stereocenters. The van der Waals surface area contributed by atoms with Crippen molar-refractivity contribution in [2.45, 2.75) is 39.4 Å². The highest BCUT2D eigenvalue weighted by Crippen LogP contribution is 2.23. The molecular weight excluding hydrogens is 407 g/mol. The average molecular weight is 444 g/mol. The predicted octanol–water partition coefficient (Wildman–Crippen LogP) is 3.02. The number of hydrogen-bond acceptors (Lipinski definition) is 4. The minimum absolute atomic E-state index is 0.239. The first-order chi connectivity index (χ1) is 14.8. The molecule has 6 nitrogen and oxygen atoms in total. The number of alkyl halides is 3. The molecule has 1 heterocycles. The number of benzene rings is 1. The smallest absolute Gasteiger partial charge is 0.422 e. The Bertz CT molecular complexity index is 688. The Kier molecular flexibility index (Phi) is 10.4. The number of guanidine groups is 1. The molecule has 0 spiro atoms. The van der Waals surface area contributed by atoms with Gasteiger partial charge in [0.2, 0.25) is 0 Å². The van der Waals surface area contributed by atoms with E-state index in [0.29, 0.717) is 18.1 Å². The van der Waals surface area contributed by atoms with Crippen molar-refractivity contribution in [2.24, 2.45) is 4.99 Å². The van der Waals surface area contributed by atoms with E-state index in [1.165, 1.54) is 0 Å². The van der Waals surface area contributed by atoms with Gasteiger partial charge in [-0.25, -0.2) is 0 Å². The average Bonchev–Trinajstić information content (AvgIpc) is 2.75. The highest BCUT2D eigenvalue weighted by Gasteiger charge is 2.28. The molecule has 2 rings (SSSR count). The van der Waals surface area contributed by atoms with Crippen LogP contribution in [0.15, 0.2) is 23.2 Å². The van der Waals surface area contributed by atoms with Crippen molar-refractivity contribution >= 4 is 5.96 Å². The van der Waals surface area contributed by atoms with Gasteiger partial charge in [-0.1, -0.05) is 19.1 Å². The molecule has 0 aromatic heterocycles. The van der Waals surface area contributed by atoms with Crippen LogP contribution in [0.4, 0.5) is 13.2 Å². The van der Waals surface area contributed by atoms with E-state index in [-0.39, 0.29) is 5.75 Å². The number of nitrogens with zero attached hydrogens (tertiary/aromatic N) is 3. The van der Waals surface area contributed by atoms with Crippen molar-refractivity contribution in [3.05, 3.63) is 29.3 Å². The van der Waals surface area contributed by atoms with Gasteiger partial charge < -0.3 is 25.2 Å². The molecule has 1 aliphatic rings. The van der Waals surface area contributed by atoms with Crippen LogP contribution in [0.5, 0.6) is 5.75 Å².